The Hall–Kier alpha value is -5.26. The number of nitrogens with zero attached hydrogens (tertiary/aromatic N) is 4. The fraction of sp³-hybridized carbons (Fsp3) is 0.0270. The van der Waals surface area contributed by atoms with Gasteiger partial charge in [0, 0.05) is 48.7 Å². The number of thiophene rings is 1. The Bertz CT molecular complexity index is 2480. The van der Waals surface area contributed by atoms with E-state index in [2.05, 4.69) is 125 Å². The van der Waals surface area contributed by atoms with Gasteiger partial charge in [0.1, 0.15) is 5.82 Å². The van der Waals surface area contributed by atoms with Crippen LogP contribution < -0.4 is 0 Å². The van der Waals surface area contributed by atoms with Gasteiger partial charge in [-0.25, -0.2) is 4.98 Å². The molecular formula is C37H24N4S. The van der Waals surface area contributed by atoms with E-state index in [0.29, 0.717) is 0 Å². The van der Waals surface area contributed by atoms with E-state index in [1.165, 1.54) is 36.6 Å². The molecule has 0 spiro atoms. The van der Waals surface area contributed by atoms with Crippen molar-refractivity contribution in [1.29, 1.82) is 0 Å². The number of aromatic nitrogens is 4. The molecule has 0 aliphatic rings. The molecule has 0 saturated heterocycles. The second kappa shape index (κ2) is 8.87. The van der Waals surface area contributed by atoms with Crippen LogP contribution in [-0.2, 0) is 0 Å². The van der Waals surface area contributed by atoms with Crippen LogP contribution in [-0.4, -0.2) is 19.1 Å². The van der Waals surface area contributed by atoms with Crippen LogP contribution in [0.1, 0.15) is 5.56 Å². The maximum absolute atomic E-state index is 5.07. The fourth-order valence-corrected chi connectivity index (χ4v) is 7.66. The lowest BCUT2D eigenvalue weighted by Crippen LogP contribution is -2.00. The van der Waals surface area contributed by atoms with Crippen molar-refractivity contribution >= 4 is 64.5 Å². The monoisotopic (exact) mass is 556 g/mol. The first-order valence-electron chi connectivity index (χ1n) is 14.1. The van der Waals surface area contributed by atoms with E-state index in [4.69, 9.17) is 9.97 Å². The first-order chi connectivity index (χ1) is 20.8. The summed E-state index contributed by atoms with van der Waals surface area (Å²) in [6.45, 7) is 2.14. The Morgan fingerprint density at radius 2 is 1.33 bits per heavy atom. The number of benzene rings is 5. The Morgan fingerprint density at radius 3 is 2.21 bits per heavy atom. The van der Waals surface area contributed by atoms with Crippen LogP contribution >= 0.6 is 11.3 Å². The van der Waals surface area contributed by atoms with Gasteiger partial charge in [-0.3, -0.25) is 9.55 Å². The summed E-state index contributed by atoms with van der Waals surface area (Å²) in [5.74, 6) is 0.954. The van der Waals surface area contributed by atoms with E-state index in [1.54, 1.807) is 0 Å². The molecule has 0 radical (unpaired) electrons. The summed E-state index contributed by atoms with van der Waals surface area (Å²) in [4.78, 5) is 9.97. The lowest BCUT2D eigenvalue weighted by molar-refractivity contribution is 1.09. The van der Waals surface area contributed by atoms with Crippen LogP contribution in [0.25, 0.3) is 75.9 Å². The second-order valence-corrected chi connectivity index (χ2v) is 11.8. The summed E-state index contributed by atoms with van der Waals surface area (Å²) >= 11 is 1.85. The smallest absolute Gasteiger partial charge is 0.145 e. The van der Waals surface area contributed by atoms with E-state index in [0.717, 1.165) is 44.8 Å². The van der Waals surface area contributed by atoms with Gasteiger partial charge >= 0.3 is 0 Å². The Labute approximate surface area is 245 Å². The molecule has 9 aromatic rings. The number of imidazole rings is 1. The third-order valence-corrected chi connectivity index (χ3v) is 9.55. The van der Waals surface area contributed by atoms with Crippen molar-refractivity contribution in [2.45, 2.75) is 6.92 Å². The zero-order valence-corrected chi connectivity index (χ0v) is 23.6. The van der Waals surface area contributed by atoms with Crippen molar-refractivity contribution in [2.75, 3.05) is 0 Å². The molecule has 42 heavy (non-hydrogen) atoms. The molecule has 198 valence electrons. The average Bonchev–Trinajstić information content (AvgIpc) is 3.71. The first-order valence-corrected chi connectivity index (χ1v) is 14.9. The van der Waals surface area contributed by atoms with Gasteiger partial charge in [0.25, 0.3) is 0 Å². The number of rotatable bonds is 3. The van der Waals surface area contributed by atoms with Crippen molar-refractivity contribution in [3.05, 3.63) is 133 Å². The van der Waals surface area contributed by atoms with Crippen LogP contribution in [0.3, 0.4) is 0 Å². The molecule has 0 N–H and O–H groups in total. The number of hydrogen-bond donors (Lipinski definition) is 0. The molecule has 4 nitrogen and oxygen atoms in total. The number of para-hydroxylation sites is 2. The molecule has 0 atom stereocenters. The van der Waals surface area contributed by atoms with E-state index in [1.807, 2.05) is 29.7 Å². The maximum Gasteiger partial charge on any atom is 0.145 e. The highest BCUT2D eigenvalue weighted by Crippen LogP contribution is 2.42. The van der Waals surface area contributed by atoms with Gasteiger partial charge in [0.05, 0.1) is 27.6 Å². The summed E-state index contributed by atoms with van der Waals surface area (Å²) in [6.07, 6.45) is 1.90. The first kappa shape index (κ1) is 23.4. The Balaban J connectivity index is 1.27. The van der Waals surface area contributed by atoms with Gasteiger partial charge in [-0.1, -0.05) is 60.7 Å². The largest absolute Gasteiger partial charge is 0.308 e. The molecule has 0 bridgehead atoms. The average molecular weight is 557 g/mol. The van der Waals surface area contributed by atoms with Crippen LogP contribution in [0.4, 0.5) is 0 Å². The highest BCUT2D eigenvalue weighted by atomic mass is 32.1. The van der Waals surface area contributed by atoms with Crippen molar-refractivity contribution in [1.82, 2.24) is 19.1 Å². The van der Waals surface area contributed by atoms with Crippen molar-refractivity contribution in [3.8, 4) is 22.8 Å². The Kier molecular flexibility index (Phi) is 4.95. The molecule has 0 aliphatic carbocycles. The second-order valence-electron chi connectivity index (χ2n) is 10.7. The minimum absolute atomic E-state index is 0.954. The highest BCUT2D eigenvalue weighted by Gasteiger charge is 2.19. The topological polar surface area (TPSA) is 35.6 Å². The van der Waals surface area contributed by atoms with Crippen molar-refractivity contribution < 1.29 is 0 Å². The molecule has 4 heterocycles. The van der Waals surface area contributed by atoms with Gasteiger partial charge in [-0.2, -0.15) is 0 Å². The summed E-state index contributed by atoms with van der Waals surface area (Å²) in [5, 5.41) is 3.81. The number of pyridine rings is 1. The fourth-order valence-electron chi connectivity index (χ4n) is 6.41. The predicted octanol–water partition coefficient (Wildman–Crippen LogP) is 9.86. The van der Waals surface area contributed by atoms with Gasteiger partial charge in [0.2, 0.25) is 0 Å². The molecule has 5 heteroatoms. The maximum atomic E-state index is 5.07. The van der Waals surface area contributed by atoms with E-state index in [9.17, 15) is 0 Å². The van der Waals surface area contributed by atoms with E-state index >= 15 is 0 Å². The van der Waals surface area contributed by atoms with Crippen LogP contribution in [0, 0.1) is 6.92 Å². The van der Waals surface area contributed by atoms with Gasteiger partial charge in [-0.05, 0) is 73.2 Å². The normalized spacial score (nSPS) is 11.9. The SMILES string of the molecule is Cc1ccccc1-c1nc2ccccc2n1-c1ccc(-n2c3cccnc3c3c4sc5ccccc5c4ccc32)cc1. The van der Waals surface area contributed by atoms with Crippen molar-refractivity contribution in [3.63, 3.8) is 0 Å². The quantitative estimate of drug-likeness (QED) is 0.217. The number of hydrogen-bond acceptors (Lipinski definition) is 3. The molecule has 0 unspecified atom stereocenters. The lowest BCUT2D eigenvalue weighted by Gasteiger charge is -2.13. The highest BCUT2D eigenvalue weighted by molar-refractivity contribution is 7.26. The number of fused-ring (bicyclic) bond motifs is 8. The number of aryl methyl sites for hydroxylation is 1. The molecule has 4 aromatic heterocycles. The van der Waals surface area contributed by atoms with Gasteiger partial charge < -0.3 is 4.57 Å². The summed E-state index contributed by atoms with van der Waals surface area (Å²) in [6, 6.07) is 43.1. The summed E-state index contributed by atoms with van der Waals surface area (Å²) in [5.41, 5.74) is 9.93. The Morgan fingerprint density at radius 1 is 0.595 bits per heavy atom. The van der Waals surface area contributed by atoms with Crippen LogP contribution in [0.15, 0.2) is 128 Å². The third kappa shape index (κ3) is 3.28. The zero-order chi connectivity index (χ0) is 27.8. The summed E-state index contributed by atoms with van der Waals surface area (Å²) in [7, 11) is 0. The molecule has 0 aliphatic heterocycles. The lowest BCUT2D eigenvalue weighted by atomic mass is 10.1. The zero-order valence-electron chi connectivity index (χ0n) is 22.8. The minimum atomic E-state index is 0.954. The molecule has 0 saturated carbocycles. The third-order valence-electron chi connectivity index (χ3n) is 8.34. The van der Waals surface area contributed by atoms with Gasteiger partial charge in [-0.15, -0.1) is 11.3 Å². The molecule has 0 amide bonds. The van der Waals surface area contributed by atoms with E-state index < -0.39 is 0 Å². The van der Waals surface area contributed by atoms with Crippen molar-refractivity contribution in [2.24, 2.45) is 0 Å². The van der Waals surface area contributed by atoms with Gasteiger partial charge in [0.15, 0.2) is 0 Å². The standard InChI is InChI=1S/C37H24N4S/c1-23-9-2-3-10-26(23)37-39-29-12-5-6-13-30(29)41(37)25-18-16-24(17-19-25)40-31-21-20-28-27-11-4-7-15-33(27)42-36(28)34(31)35-32(40)14-8-22-38-35/h2-22H,1H3. The summed E-state index contributed by atoms with van der Waals surface area (Å²) < 4.78 is 7.22. The predicted molar refractivity (Wildman–Crippen MR) is 176 cm³/mol. The molecule has 9 rings (SSSR count). The van der Waals surface area contributed by atoms with E-state index in [-0.39, 0.29) is 0 Å². The van der Waals surface area contributed by atoms with Crippen LogP contribution in [0.2, 0.25) is 0 Å². The minimum Gasteiger partial charge on any atom is -0.308 e. The molecular weight excluding hydrogens is 533 g/mol. The van der Waals surface area contributed by atoms with Crippen LogP contribution in [0.5, 0.6) is 0 Å². The molecule has 0 fully saturated rings. The molecule has 5 aromatic carbocycles.